The van der Waals surface area contributed by atoms with Crippen molar-refractivity contribution >= 4 is 5.57 Å². The van der Waals surface area contributed by atoms with Gasteiger partial charge in [-0.05, 0) is 47.5 Å². The van der Waals surface area contributed by atoms with Gasteiger partial charge in [-0.3, -0.25) is 0 Å². The SMILES string of the molecule is CC/C(=C\C=C(CF)CF)c1ccc(C2CCCCC2)cc1. The van der Waals surface area contributed by atoms with Crippen molar-refractivity contribution in [1.29, 1.82) is 0 Å². The highest BCUT2D eigenvalue weighted by molar-refractivity contribution is 5.67. The molecule has 0 atom stereocenters. The van der Waals surface area contributed by atoms with Crippen LogP contribution in [0, 0.1) is 0 Å². The molecular formula is C20H26F2. The zero-order chi connectivity index (χ0) is 15.8. The standard InChI is InChI=1S/C20H26F2/c1-2-17(9-8-16(14-21)15-22)19-10-12-20(13-11-19)18-6-4-3-5-7-18/h8-13,18H,2-7,14-15H2,1H3/b17-9+. The van der Waals surface area contributed by atoms with Crippen molar-refractivity contribution in [2.45, 2.75) is 51.4 Å². The van der Waals surface area contributed by atoms with Crippen LogP contribution < -0.4 is 0 Å². The first-order valence-electron chi connectivity index (χ1n) is 8.39. The quantitative estimate of drug-likeness (QED) is 0.534. The van der Waals surface area contributed by atoms with E-state index < -0.39 is 13.3 Å². The molecule has 1 saturated carbocycles. The highest BCUT2D eigenvalue weighted by Gasteiger charge is 2.15. The summed E-state index contributed by atoms with van der Waals surface area (Å²) in [5.74, 6) is 0.710. The Morgan fingerprint density at radius 3 is 2.18 bits per heavy atom. The van der Waals surface area contributed by atoms with Gasteiger partial charge in [-0.15, -0.1) is 0 Å². The molecule has 120 valence electrons. The van der Waals surface area contributed by atoms with Crippen molar-refractivity contribution in [3.63, 3.8) is 0 Å². The summed E-state index contributed by atoms with van der Waals surface area (Å²) in [7, 11) is 0. The molecule has 22 heavy (non-hydrogen) atoms. The third kappa shape index (κ3) is 4.53. The van der Waals surface area contributed by atoms with E-state index >= 15 is 0 Å². The Balaban J connectivity index is 2.13. The fraction of sp³-hybridized carbons (Fsp3) is 0.500. The molecule has 0 radical (unpaired) electrons. The number of rotatable bonds is 6. The predicted octanol–water partition coefficient (Wildman–Crippen LogP) is 6.39. The normalized spacial score (nSPS) is 16.6. The molecule has 1 aromatic carbocycles. The molecule has 0 aliphatic heterocycles. The first kappa shape index (κ1) is 16.9. The molecule has 0 aromatic heterocycles. The van der Waals surface area contributed by atoms with E-state index in [9.17, 15) is 8.78 Å². The largest absolute Gasteiger partial charge is 0.246 e. The summed E-state index contributed by atoms with van der Waals surface area (Å²) < 4.78 is 25.1. The minimum atomic E-state index is -0.718. The highest BCUT2D eigenvalue weighted by Crippen LogP contribution is 2.33. The molecule has 0 N–H and O–H groups in total. The minimum Gasteiger partial charge on any atom is -0.246 e. The molecule has 0 unspecified atom stereocenters. The molecule has 0 spiro atoms. The van der Waals surface area contributed by atoms with Crippen LogP contribution in [0.3, 0.4) is 0 Å². The maximum Gasteiger partial charge on any atom is 0.113 e. The average molecular weight is 304 g/mol. The maximum atomic E-state index is 12.5. The van der Waals surface area contributed by atoms with E-state index in [0.29, 0.717) is 5.92 Å². The Hall–Kier alpha value is -1.44. The van der Waals surface area contributed by atoms with Crippen molar-refractivity contribution < 1.29 is 8.78 Å². The van der Waals surface area contributed by atoms with Crippen LogP contribution in [0.25, 0.3) is 5.57 Å². The van der Waals surface area contributed by atoms with Gasteiger partial charge in [0.25, 0.3) is 0 Å². The number of hydrogen-bond donors (Lipinski definition) is 0. The van der Waals surface area contributed by atoms with Gasteiger partial charge in [0.05, 0.1) is 0 Å². The summed E-state index contributed by atoms with van der Waals surface area (Å²) >= 11 is 0. The number of hydrogen-bond acceptors (Lipinski definition) is 0. The van der Waals surface area contributed by atoms with Gasteiger partial charge in [-0.1, -0.05) is 62.6 Å². The van der Waals surface area contributed by atoms with Crippen LogP contribution in [0.2, 0.25) is 0 Å². The van der Waals surface area contributed by atoms with Gasteiger partial charge in [0.2, 0.25) is 0 Å². The van der Waals surface area contributed by atoms with Crippen LogP contribution in [0.15, 0.2) is 42.0 Å². The first-order chi connectivity index (χ1) is 10.8. The topological polar surface area (TPSA) is 0 Å². The van der Waals surface area contributed by atoms with E-state index in [0.717, 1.165) is 17.6 Å². The summed E-state index contributed by atoms with van der Waals surface area (Å²) in [6.07, 6.45) is 10.9. The van der Waals surface area contributed by atoms with Gasteiger partial charge < -0.3 is 0 Å². The van der Waals surface area contributed by atoms with Gasteiger partial charge in [0, 0.05) is 0 Å². The molecule has 1 aliphatic rings. The van der Waals surface area contributed by atoms with E-state index in [2.05, 4.69) is 31.2 Å². The van der Waals surface area contributed by atoms with Crippen molar-refractivity contribution in [2.24, 2.45) is 0 Å². The Morgan fingerprint density at radius 2 is 1.64 bits per heavy atom. The third-order valence-electron chi connectivity index (χ3n) is 4.60. The van der Waals surface area contributed by atoms with Gasteiger partial charge in [0.15, 0.2) is 0 Å². The molecule has 1 fully saturated rings. The van der Waals surface area contributed by atoms with E-state index in [-0.39, 0.29) is 5.57 Å². The van der Waals surface area contributed by atoms with Gasteiger partial charge in [-0.2, -0.15) is 0 Å². The highest BCUT2D eigenvalue weighted by atomic mass is 19.1. The molecule has 2 rings (SSSR count). The predicted molar refractivity (Wildman–Crippen MR) is 90.6 cm³/mol. The second kappa shape index (κ2) is 8.87. The van der Waals surface area contributed by atoms with E-state index in [4.69, 9.17) is 0 Å². The van der Waals surface area contributed by atoms with Crippen LogP contribution in [-0.4, -0.2) is 13.3 Å². The van der Waals surface area contributed by atoms with Crippen LogP contribution in [0.4, 0.5) is 8.78 Å². The minimum absolute atomic E-state index is 0.199. The van der Waals surface area contributed by atoms with Gasteiger partial charge >= 0.3 is 0 Å². The second-order valence-corrected chi connectivity index (χ2v) is 6.09. The molecule has 0 heterocycles. The number of allylic oxidation sites excluding steroid dienone is 4. The zero-order valence-electron chi connectivity index (χ0n) is 13.5. The van der Waals surface area contributed by atoms with Crippen LogP contribution >= 0.6 is 0 Å². The van der Waals surface area contributed by atoms with E-state index in [1.807, 2.05) is 6.08 Å². The van der Waals surface area contributed by atoms with Gasteiger partial charge in [-0.25, -0.2) is 8.78 Å². The average Bonchev–Trinajstić information content (AvgIpc) is 2.60. The van der Waals surface area contributed by atoms with Crippen molar-refractivity contribution in [3.8, 4) is 0 Å². The molecule has 0 bridgehead atoms. The molecule has 1 aromatic rings. The van der Waals surface area contributed by atoms with Crippen LogP contribution in [0.5, 0.6) is 0 Å². The molecular weight excluding hydrogens is 278 g/mol. The fourth-order valence-corrected chi connectivity index (χ4v) is 3.17. The second-order valence-electron chi connectivity index (χ2n) is 6.09. The maximum absolute atomic E-state index is 12.5. The lowest BCUT2D eigenvalue weighted by Crippen LogP contribution is -2.04. The van der Waals surface area contributed by atoms with E-state index in [1.54, 1.807) is 6.08 Å². The fourth-order valence-electron chi connectivity index (χ4n) is 3.17. The Morgan fingerprint density at radius 1 is 1.00 bits per heavy atom. The number of halogens is 2. The van der Waals surface area contributed by atoms with Crippen molar-refractivity contribution in [3.05, 3.63) is 53.1 Å². The lowest BCUT2D eigenvalue weighted by Gasteiger charge is -2.22. The summed E-state index contributed by atoms with van der Waals surface area (Å²) in [5.41, 5.74) is 3.90. The molecule has 0 amide bonds. The summed E-state index contributed by atoms with van der Waals surface area (Å²) in [4.78, 5) is 0. The van der Waals surface area contributed by atoms with Crippen LogP contribution in [-0.2, 0) is 0 Å². The Labute approximate surface area is 132 Å². The van der Waals surface area contributed by atoms with E-state index in [1.165, 1.54) is 37.7 Å². The zero-order valence-corrected chi connectivity index (χ0v) is 13.5. The molecule has 2 heteroatoms. The number of alkyl halides is 2. The Kier molecular flexibility index (Phi) is 6.82. The van der Waals surface area contributed by atoms with Crippen molar-refractivity contribution in [2.75, 3.05) is 13.3 Å². The smallest absolute Gasteiger partial charge is 0.113 e. The molecule has 1 aliphatic carbocycles. The molecule has 0 nitrogen and oxygen atoms in total. The lowest BCUT2D eigenvalue weighted by molar-refractivity contribution is 0.443. The molecule has 0 saturated heterocycles. The summed E-state index contributed by atoms with van der Waals surface area (Å²) in [6, 6.07) is 8.75. The Bertz CT molecular complexity index is 499. The monoisotopic (exact) mass is 304 g/mol. The summed E-state index contributed by atoms with van der Waals surface area (Å²) in [5, 5.41) is 0. The third-order valence-corrected chi connectivity index (χ3v) is 4.60. The lowest BCUT2D eigenvalue weighted by atomic mass is 9.83. The number of benzene rings is 1. The van der Waals surface area contributed by atoms with Crippen LogP contribution in [0.1, 0.15) is 62.5 Å². The summed E-state index contributed by atoms with van der Waals surface area (Å²) in [6.45, 7) is 0.633. The first-order valence-corrected chi connectivity index (χ1v) is 8.39. The van der Waals surface area contributed by atoms with Gasteiger partial charge in [0.1, 0.15) is 13.3 Å². The van der Waals surface area contributed by atoms with Crippen molar-refractivity contribution in [1.82, 2.24) is 0 Å².